The van der Waals surface area contributed by atoms with Gasteiger partial charge in [-0.05, 0) is 19.1 Å². The van der Waals surface area contributed by atoms with Crippen LogP contribution in [0.15, 0.2) is 74.3 Å². The van der Waals surface area contributed by atoms with E-state index in [-0.39, 0.29) is 0 Å². The second-order valence-corrected chi connectivity index (χ2v) is 2.63. The zero-order chi connectivity index (χ0) is 11.0. The molecule has 0 saturated carbocycles. The van der Waals surface area contributed by atoms with E-state index < -0.39 is 0 Å². The Morgan fingerprint density at radius 1 is 1.07 bits per heavy atom. The largest absolute Gasteiger partial charge is 0.319 e. The Balaban J connectivity index is 4.63. The van der Waals surface area contributed by atoms with Crippen LogP contribution >= 0.6 is 0 Å². The van der Waals surface area contributed by atoms with Crippen molar-refractivity contribution in [3.05, 3.63) is 74.3 Å². The summed E-state index contributed by atoms with van der Waals surface area (Å²) in [6, 6.07) is 0. The predicted molar refractivity (Wildman–Crippen MR) is 64.5 cm³/mol. The average molecular weight is 187 g/mol. The van der Waals surface area contributed by atoms with Gasteiger partial charge in [0.15, 0.2) is 0 Å². The van der Waals surface area contributed by atoms with Crippen LogP contribution < -0.4 is 0 Å². The SMILES string of the molecule is C=C/C=C\C(=C)N(C=C)C(=C)/C=C\C. The molecule has 1 nitrogen and oxygen atoms in total. The smallest absolute Gasteiger partial charge is 0.0383 e. The fraction of sp³-hybridized carbons (Fsp3) is 0.0769. The van der Waals surface area contributed by atoms with Crippen molar-refractivity contribution in [3.8, 4) is 0 Å². The number of hydrogen-bond donors (Lipinski definition) is 0. The molecule has 0 saturated heterocycles. The molecular formula is C13H17N. The summed E-state index contributed by atoms with van der Waals surface area (Å²) < 4.78 is 0. The maximum atomic E-state index is 3.89. The van der Waals surface area contributed by atoms with Crippen molar-refractivity contribution in [1.82, 2.24) is 4.90 Å². The van der Waals surface area contributed by atoms with Crippen LogP contribution in [0.4, 0.5) is 0 Å². The summed E-state index contributed by atoms with van der Waals surface area (Å²) in [5.74, 6) is 0. The fourth-order valence-electron chi connectivity index (χ4n) is 0.951. The molecule has 0 aromatic rings. The van der Waals surface area contributed by atoms with Crippen LogP contribution in [0.5, 0.6) is 0 Å². The molecule has 0 atom stereocenters. The van der Waals surface area contributed by atoms with Crippen LogP contribution in [0.25, 0.3) is 0 Å². The molecule has 0 heterocycles. The maximum Gasteiger partial charge on any atom is 0.0383 e. The topological polar surface area (TPSA) is 3.24 Å². The molecule has 0 aliphatic rings. The van der Waals surface area contributed by atoms with Gasteiger partial charge in [-0.15, -0.1) is 0 Å². The Kier molecular flexibility index (Phi) is 5.88. The number of nitrogens with zero attached hydrogens (tertiary/aromatic N) is 1. The van der Waals surface area contributed by atoms with Crippen molar-refractivity contribution in [1.29, 1.82) is 0 Å². The lowest BCUT2D eigenvalue weighted by Gasteiger charge is -2.20. The lowest BCUT2D eigenvalue weighted by Crippen LogP contribution is -2.11. The fourth-order valence-corrected chi connectivity index (χ4v) is 0.951. The zero-order valence-electron chi connectivity index (χ0n) is 8.74. The molecule has 0 spiro atoms. The Labute approximate surface area is 86.7 Å². The standard InChI is InChI=1S/C13H17N/c1-6-9-11-13(5)14(8-3)12(4)10-7-2/h6-11H,1,3-5H2,2H3/b10-7-,11-9-. The van der Waals surface area contributed by atoms with Gasteiger partial charge in [-0.25, -0.2) is 0 Å². The minimum atomic E-state index is 0.808. The Bertz CT molecular complexity index is 292. The molecule has 0 radical (unpaired) electrons. The van der Waals surface area contributed by atoms with E-state index in [0.717, 1.165) is 11.4 Å². The third-order valence-electron chi connectivity index (χ3n) is 1.59. The highest BCUT2D eigenvalue weighted by Crippen LogP contribution is 2.12. The van der Waals surface area contributed by atoms with E-state index in [1.54, 1.807) is 17.2 Å². The highest BCUT2D eigenvalue weighted by Gasteiger charge is 2.01. The average Bonchev–Trinajstić information content (AvgIpc) is 2.16. The first-order valence-electron chi connectivity index (χ1n) is 4.38. The first-order valence-corrected chi connectivity index (χ1v) is 4.38. The van der Waals surface area contributed by atoms with Crippen molar-refractivity contribution in [2.24, 2.45) is 0 Å². The first kappa shape index (κ1) is 12.2. The van der Waals surface area contributed by atoms with E-state index in [2.05, 4.69) is 26.3 Å². The van der Waals surface area contributed by atoms with Crippen molar-refractivity contribution in [3.63, 3.8) is 0 Å². The van der Waals surface area contributed by atoms with Crippen LogP contribution in [0.1, 0.15) is 6.92 Å². The van der Waals surface area contributed by atoms with Gasteiger partial charge in [0.2, 0.25) is 0 Å². The molecule has 0 bridgehead atoms. The molecule has 0 N–H and O–H groups in total. The van der Waals surface area contributed by atoms with Crippen molar-refractivity contribution in [2.75, 3.05) is 0 Å². The molecule has 74 valence electrons. The molecule has 0 amide bonds. The van der Waals surface area contributed by atoms with Crippen molar-refractivity contribution in [2.45, 2.75) is 6.92 Å². The van der Waals surface area contributed by atoms with Gasteiger partial charge in [0.05, 0.1) is 0 Å². The highest BCUT2D eigenvalue weighted by atomic mass is 15.1. The van der Waals surface area contributed by atoms with Crippen molar-refractivity contribution >= 4 is 0 Å². The predicted octanol–water partition coefficient (Wildman–Crippen LogP) is 3.78. The van der Waals surface area contributed by atoms with Gasteiger partial charge < -0.3 is 4.90 Å². The molecular weight excluding hydrogens is 170 g/mol. The summed E-state index contributed by atoms with van der Waals surface area (Å²) in [6.07, 6.45) is 10.9. The van der Waals surface area contributed by atoms with Crippen molar-refractivity contribution < 1.29 is 0 Å². The number of hydrogen-bond acceptors (Lipinski definition) is 1. The van der Waals surface area contributed by atoms with Gasteiger partial charge in [-0.1, -0.05) is 44.5 Å². The van der Waals surface area contributed by atoms with E-state index in [1.165, 1.54) is 0 Å². The summed E-state index contributed by atoms with van der Waals surface area (Å²) in [5, 5.41) is 0. The highest BCUT2D eigenvalue weighted by molar-refractivity contribution is 5.28. The van der Waals surface area contributed by atoms with Crippen LogP contribution in [-0.2, 0) is 0 Å². The van der Waals surface area contributed by atoms with E-state index in [0.29, 0.717) is 0 Å². The first-order chi connectivity index (χ1) is 6.67. The minimum absolute atomic E-state index is 0.808. The molecule has 0 aromatic heterocycles. The summed E-state index contributed by atoms with van der Waals surface area (Å²) in [5.41, 5.74) is 1.64. The third-order valence-corrected chi connectivity index (χ3v) is 1.59. The monoisotopic (exact) mass is 187 g/mol. The number of rotatable bonds is 6. The zero-order valence-corrected chi connectivity index (χ0v) is 8.74. The Hall–Kier alpha value is -1.76. The molecule has 0 fully saturated rings. The molecule has 0 aliphatic heterocycles. The molecule has 0 rings (SSSR count). The van der Waals surface area contributed by atoms with Gasteiger partial charge in [0.1, 0.15) is 0 Å². The molecule has 1 heteroatoms. The minimum Gasteiger partial charge on any atom is -0.319 e. The molecule has 14 heavy (non-hydrogen) atoms. The van der Waals surface area contributed by atoms with Crippen LogP contribution in [0.2, 0.25) is 0 Å². The second-order valence-electron chi connectivity index (χ2n) is 2.63. The van der Waals surface area contributed by atoms with E-state index >= 15 is 0 Å². The van der Waals surface area contributed by atoms with Crippen LogP contribution in [0.3, 0.4) is 0 Å². The van der Waals surface area contributed by atoms with E-state index in [9.17, 15) is 0 Å². The van der Waals surface area contributed by atoms with Gasteiger partial charge in [0, 0.05) is 17.6 Å². The van der Waals surface area contributed by atoms with E-state index in [4.69, 9.17) is 0 Å². The van der Waals surface area contributed by atoms with Gasteiger partial charge in [-0.3, -0.25) is 0 Å². The van der Waals surface area contributed by atoms with Gasteiger partial charge >= 0.3 is 0 Å². The lowest BCUT2D eigenvalue weighted by molar-refractivity contribution is 0.621. The second kappa shape index (κ2) is 6.72. The van der Waals surface area contributed by atoms with Gasteiger partial charge in [-0.2, -0.15) is 0 Å². The summed E-state index contributed by atoms with van der Waals surface area (Å²) >= 11 is 0. The maximum absolute atomic E-state index is 3.89. The third kappa shape index (κ3) is 3.76. The van der Waals surface area contributed by atoms with Gasteiger partial charge in [0.25, 0.3) is 0 Å². The molecule has 0 aliphatic carbocycles. The summed E-state index contributed by atoms with van der Waals surface area (Å²) in [6.45, 7) is 17.0. The normalized spacial score (nSPS) is 10.4. The van der Waals surface area contributed by atoms with Crippen LogP contribution in [-0.4, -0.2) is 4.90 Å². The lowest BCUT2D eigenvalue weighted by atomic mass is 10.3. The Morgan fingerprint density at radius 3 is 2.07 bits per heavy atom. The molecule has 0 unspecified atom stereocenters. The summed E-state index contributed by atoms with van der Waals surface area (Å²) in [7, 11) is 0. The number of allylic oxidation sites excluding steroid dienone is 5. The van der Waals surface area contributed by atoms with E-state index in [1.807, 2.05) is 31.2 Å². The Morgan fingerprint density at radius 2 is 1.64 bits per heavy atom. The quantitative estimate of drug-likeness (QED) is 0.572. The van der Waals surface area contributed by atoms with Crippen LogP contribution in [0, 0.1) is 0 Å². The summed E-state index contributed by atoms with van der Waals surface area (Å²) in [4.78, 5) is 1.81. The molecule has 0 aromatic carbocycles.